The number of hydrogen-bond donors (Lipinski definition) is 4. The van der Waals surface area contributed by atoms with Crippen LogP contribution in [0.25, 0.3) is 11.2 Å². The van der Waals surface area contributed by atoms with Crippen molar-refractivity contribution in [3.05, 3.63) is 53.4 Å². The number of piperidine rings is 1. The minimum Gasteiger partial charge on any atom is -0.502 e. The van der Waals surface area contributed by atoms with Crippen molar-refractivity contribution in [3.8, 4) is 5.75 Å². The quantitative estimate of drug-likeness (QED) is 0.391. The number of nitrogens with one attached hydrogen (secondary N) is 2. The number of aromatic nitrogens is 3. The molecule has 0 radical (unpaired) electrons. The van der Waals surface area contributed by atoms with Crippen LogP contribution in [0.5, 0.6) is 5.75 Å². The molecule has 2 aromatic rings. The van der Waals surface area contributed by atoms with E-state index in [1.807, 2.05) is 23.1 Å². The van der Waals surface area contributed by atoms with Gasteiger partial charge in [0.2, 0.25) is 5.75 Å². The molecule has 2 fully saturated rings. The van der Waals surface area contributed by atoms with Gasteiger partial charge in [-0.1, -0.05) is 23.8 Å². The SMILES string of the molecule is C=N/C=C(\C=C1\C=CC=C(C)C1)c1cnn2c(N)c(O)c(N3CCC4(CC3)NC(=O)NC4=O)nc12. The number of hydrogen-bond acceptors (Lipinski definition) is 8. The number of imide groups is 1. The average molecular weight is 475 g/mol. The van der Waals surface area contributed by atoms with Gasteiger partial charge < -0.3 is 21.1 Å². The van der Waals surface area contributed by atoms with Gasteiger partial charge in [0.1, 0.15) is 5.54 Å². The maximum absolute atomic E-state index is 12.3. The second-order valence-electron chi connectivity index (χ2n) is 8.98. The van der Waals surface area contributed by atoms with Crippen molar-refractivity contribution >= 4 is 41.5 Å². The highest BCUT2D eigenvalue weighted by atomic mass is 16.3. The first-order valence-electron chi connectivity index (χ1n) is 11.3. The highest BCUT2D eigenvalue weighted by Gasteiger charge is 2.48. The van der Waals surface area contributed by atoms with Crippen molar-refractivity contribution in [1.29, 1.82) is 0 Å². The van der Waals surface area contributed by atoms with Gasteiger partial charge >= 0.3 is 6.03 Å². The Bertz CT molecular complexity index is 1370. The lowest BCUT2D eigenvalue weighted by Gasteiger charge is -2.37. The first-order valence-corrected chi connectivity index (χ1v) is 11.3. The van der Waals surface area contributed by atoms with Crippen LogP contribution in [0.4, 0.5) is 16.4 Å². The molecule has 1 aliphatic carbocycles. The molecule has 2 saturated heterocycles. The van der Waals surface area contributed by atoms with Gasteiger partial charge in [-0.05, 0) is 44.6 Å². The Morgan fingerprint density at radius 3 is 2.77 bits per heavy atom. The molecule has 2 aromatic heterocycles. The number of nitrogens with two attached hydrogens (primary N) is 1. The molecule has 0 atom stereocenters. The van der Waals surface area contributed by atoms with Gasteiger partial charge in [-0.25, -0.2) is 9.78 Å². The number of allylic oxidation sites excluding steroid dienone is 7. The average Bonchev–Trinajstić information content (AvgIpc) is 3.37. The Hall–Kier alpha value is -4.41. The molecule has 1 spiro atoms. The van der Waals surface area contributed by atoms with E-state index in [-0.39, 0.29) is 17.5 Å². The zero-order chi connectivity index (χ0) is 24.7. The number of urea groups is 1. The maximum atomic E-state index is 12.3. The zero-order valence-corrected chi connectivity index (χ0v) is 19.3. The van der Waals surface area contributed by atoms with Gasteiger partial charge in [0.05, 0.1) is 6.20 Å². The summed E-state index contributed by atoms with van der Waals surface area (Å²) >= 11 is 0. The molecule has 3 aliphatic rings. The molecule has 0 saturated carbocycles. The molecule has 3 amide bonds. The summed E-state index contributed by atoms with van der Waals surface area (Å²) in [5.41, 5.74) is 9.57. The molecule has 0 aromatic carbocycles. The lowest BCUT2D eigenvalue weighted by atomic mass is 9.88. The molecule has 2 aliphatic heterocycles. The third-order valence-corrected chi connectivity index (χ3v) is 6.63. The molecule has 4 heterocycles. The fourth-order valence-corrected chi connectivity index (χ4v) is 4.76. The van der Waals surface area contributed by atoms with Gasteiger partial charge in [-0.2, -0.15) is 9.61 Å². The van der Waals surface area contributed by atoms with Crippen LogP contribution in [-0.2, 0) is 4.79 Å². The van der Waals surface area contributed by atoms with Gasteiger partial charge in [0.25, 0.3) is 5.91 Å². The van der Waals surface area contributed by atoms with Gasteiger partial charge in [-0.15, -0.1) is 0 Å². The lowest BCUT2D eigenvalue weighted by Crippen LogP contribution is -2.55. The molecular formula is C24H26N8O3. The van der Waals surface area contributed by atoms with Crippen molar-refractivity contribution in [2.24, 2.45) is 4.99 Å². The molecule has 180 valence electrons. The summed E-state index contributed by atoms with van der Waals surface area (Å²) in [6.45, 7) is 6.46. The van der Waals surface area contributed by atoms with Crippen LogP contribution in [-0.4, -0.2) is 57.0 Å². The second-order valence-corrected chi connectivity index (χ2v) is 8.98. The highest BCUT2D eigenvalue weighted by molar-refractivity contribution is 6.07. The zero-order valence-electron chi connectivity index (χ0n) is 19.3. The van der Waals surface area contributed by atoms with E-state index in [9.17, 15) is 14.7 Å². The van der Waals surface area contributed by atoms with Crippen molar-refractivity contribution in [1.82, 2.24) is 25.2 Å². The number of amides is 3. The number of carbonyl (C=O) groups excluding carboxylic acids is 2. The van der Waals surface area contributed by atoms with E-state index in [4.69, 9.17) is 10.7 Å². The summed E-state index contributed by atoms with van der Waals surface area (Å²) in [6.07, 6.45) is 13.0. The van der Waals surface area contributed by atoms with Crippen LogP contribution in [0, 0.1) is 0 Å². The Labute approximate surface area is 201 Å². The summed E-state index contributed by atoms with van der Waals surface area (Å²) in [5, 5.41) is 20.2. The van der Waals surface area contributed by atoms with Crippen LogP contribution in [0.1, 0.15) is 31.7 Å². The minimum absolute atomic E-state index is 0.0540. The van der Waals surface area contributed by atoms with E-state index in [1.165, 1.54) is 10.1 Å². The van der Waals surface area contributed by atoms with E-state index in [2.05, 4.69) is 40.4 Å². The summed E-state index contributed by atoms with van der Waals surface area (Å²) < 4.78 is 1.39. The molecule has 0 unspecified atom stereocenters. The molecule has 11 heteroatoms. The molecule has 11 nitrogen and oxygen atoms in total. The molecule has 5 N–H and O–H groups in total. The number of aliphatic imine (C=N–C) groups is 1. The molecule has 0 bridgehead atoms. The predicted molar refractivity (Wildman–Crippen MR) is 133 cm³/mol. The number of nitrogen functional groups attached to an aromatic ring is 1. The predicted octanol–water partition coefficient (Wildman–Crippen LogP) is 2.07. The van der Waals surface area contributed by atoms with E-state index in [1.54, 1.807) is 12.4 Å². The normalized spacial score (nSPS) is 20.9. The topological polar surface area (TPSA) is 150 Å². The standard InChI is InChI=1S/C24H26N8O3/c1-14-4-3-5-15(10-14)11-16(12-26-2)17-13-27-32-19(25)18(33)21(28-20(17)32)31-8-6-24(7-9-31)22(34)29-23(35)30-24/h3-5,11-13,33H,2,6-10,25H2,1H3,(H2,29,30,34,35)/b15-11-,16-12+. The van der Waals surface area contributed by atoms with Crippen LogP contribution in [0.3, 0.4) is 0 Å². The summed E-state index contributed by atoms with van der Waals surface area (Å²) in [5.74, 6) is -0.164. The number of nitrogens with zero attached hydrogens (tertiary/aromatic N) is 5. The number of anilines is 2. The highest BCUT2D eigenvalue weighted by Crippen LogP contribution is 2.37. The third kappa shape index (κ3) is 3.84. The van der Waals surface area contributed by atoms with E-state index in [0.717, 1.165) is 17.6 Å². The fraction of sp³-hybridized carbons (Fsp3) is 0.292. The Kier molecular flexibility index (Phi) is 5.39. The van der Waals surface area contributed by atoms with Crippen molar-refractivity contribution in [3.63, 3.8) is 0 Å². The third-order valence-electron chi connectivity index (χ3n) is 6.63. The summed E-state index contributed by atoms with van der Waals surface area (Å²) in [6, 6.07) is -0.484. The number of rotatable bonds is 4. The van der Waals surface area contributed by atoms with Crippen molar-refractivity contribution in [2.75, 3.05) is 23.7 Å². The van der Waals surface area contributed by atoms with Crippen molar-refractivity contribution < 1.29 is 14.7 Å². The Balaban J connectivity index is 1.51. The Morgan fingerprint density at radius 2 is 2.11 bits per heavy atom. The van der Waals surface area contributed by atoms with E-state index < -0.39 is 11.6 Å². The monoisotopic (exact) mass is 474 g/mol. The smallest absolute Gasteiger partial charge is 0.322 e. The molecule has 5 rings (SSSR count). The van der Waals surface area contributed by atoms with Crippen LogP contribution < -0.4 is 21.3 Å². The number of aromatic hydroxyl groups is 1. The van der Waals surface area contributed by atoms with Crippen molar-refractivity contribution in [2.45, 2.75) is 31.7 Å². The first kappa shape index (κ1) is 22.4. The van der Waals surface area contributed by atoms with E-state index >= 15 is 0 Å². The van der Waals surface area contributed by atoms with Gasteiger partial charge in [0, 0.05) is 30.4 Å². The minimum atomic E-state index is -0.932. The van der Waals surface area contributed by atoms with Gasteiger partial charge in [0.15, 0.2) is 17.3 Å². The van der Waals surface area contributed by atoms with Gasteiger partial charge in [-0.3, -0.25) is 15.1 Å². The van der Waals surface area contributed by atoms with Crippen LogP contribution in [0.2, 0.25) is 0 Å². The molecule has 35 heavy (non-hydrogen) atoms. The van der Waals surface area contributed by atoms with Crippen LogP contribution in [0.15, 0.2) is 52.8 Å². The van der Waals surface area contributed by atoms with E-state index in [0.29, 0.717) is 43.0 Å². The largest absolute Gasteiger partial charge is 0.502 e. The maximum Gasteiger partial charge on any atom is 0.322 e. The Morgan fingerprint density at radius 1 is 1.34 bits per heavy atom. The number of carbonyl (C=O) groups is 2. The number of fused-ring (bicyclic) bond motifs is 1. The second kappa shape index (κ2) is 8.42. The fourth-order valence-electron chi connectivity index (χ4n) is 4.76. The van der Waals surface area contributed by atoms with Crippen LogP contribution >= 0.6 is 0 Å². The summed E-state index contributed by atoms with van der Waals surface area (Å²) in [4.78, 5) is 34.5. The lowest BCUT2D eigenvalue weighted by molar-refractivity contribution is -0.124. The first-order chi connectivity index (χ1) is 16.8. The molecular weight excluding hydrogens is 448 g/mol. The summed E-state index contributed by atoms with van der Waals surface area (Å²) in [7, 11) is 0.